The van der Waals surface area contributed by atoms with Crippen LogP contribution < -0.4 is 0 Å². The Bertz CT molecular complexity index is 462. The third-order valence-electron chi connectivity index (χ3n) is 2.03. The van der Waals surface area contributed by atoms with Crippen molar-refractivity contribution in [3.05, 3.63) is 23.7 Å². The highest BCUT2D eigenvalue weighted by Crippen LogP contribution is 2.25. The average Bonchev–Trinajstić information content (AvgIpc) is 2.63. The summed E-state index contributed by atoms with van der Waals surface area (Å²) in [6.45, 7) is -0.808. The lowest BCUT2D eigenvalue weighted by molar-refractivity contribution is -0.150. The van der Waals surface area contributed by atoms with Crippen molar-refractivity contribution in [3.8, 4) is 0 Å². The molecule has 0 bridgehead atoms. The molecule has 0 fully saturated rings. The van der Waals surface area contributed by atoms with Crippen molar-refractivity contribution in [3.63, 3.8) is 0 Å². The van der Waals surface area contributed by atoms with Crippen LogP contribution in [0.5, 0.6) is 0 Å². The fraction of sp³-hybridized carbons (Fsp3) is 0.300. The third-order valence-corrected chi connectivity index (χ3v) is 2.03. The molecule has 0 aromatic heterocycles. The predicted molar refractivity (Wildman–Crippen MR) is 55.5 cm³/mol. The molecule has 0 aromatic rings. The number of ether oxygens (including phenoxy) is 2. The zero-order valence-corrected chi connectivity index (χ0v) is 9.35. The van der Waals surface area contributed by atoms with E-state index in [1.807, 2.05) is 0 Å². The summed E-state index contributed by atoms with van der Waals surface area (Å²) in [7, 11) is 0. The summed E-state index contributed by atoms with van der Waals surface area (Å²) >= 11 is 0. The molecular weight excluding hydrogens is 264 g/mol. The van der Waals surface area contributed by atoms with Gasteiger partial charge in [-0.15, -0.1) is 0 Å². The zero-order valence-electron chi connectivity index (χ0n) is 9.35. The van der Waals surface area contributed by atoms with E-state index in [2.05, 4.69) is 9.47 Å². The van der Waals surface area contributed by atoms with Crippen molar-refractivity contribution in [2.24, 2.45) is 0 Å². The molecule has 0 amide bonds. The number of aliphatic hydroxyl groups is 3. The molecular formula is C10H10O9. The minimum absolute atomic E-state index is 0.481. The number of hydrogen-bond donors (Lipinski definition) is 4. The van der Waals surface area contributed by atoms with Crippen LogP contribution in [0.2, 0.25) is 0 Å². The third kappa shape index (κ3) is 3.53. The fourth-order valence-corrected chi connectivity index (χ4v) is 1.20. The number of carboxylic acid groups (broad SMARTS) is 1. The Morgan fingerprint density at radius 1 is 1.42 bits per heavy atom. The maximum atomic E-state index is 11.2. The monoisotopic (exact) mass is 274 g/mol. The number of hydrogen-bond acceptors (Lipinski definition) is 8. The summed E-state index contributed by atoms with van der Waals surface area (Å²) in [5, 5.41) is 35.6. The molecule has 0 radical (unpaired) electrons. The second-order valence-electron chi connectivity index (χ2n) is 3.38. The minimum atomic E-state index is -1.60. The maximum absolute atomic E-state index is 11.2. The number of carbonyl (C=O) groups is 3. The molecule has 1 aliphatic rings. The first-order valence-electron chi connectivity index (χ1n) is 4.92. The standard InChI is InChI=1S/C10H10O9/c11-3-4(12)8-9(7(16)10(17)19-8)18-6(15)2-1-5(13)14/h1-2,4,8,11-12,16H,3H2,(H,13,14)/b2-1-/t4-,8+/m0/s1. The lowest BCUT2D eigenvalue weighted by atomic mass is 10.2. The first-order chi connectivity index (χ1) is 8.86. The van der Waals surface area contributed by atoms with Crippen LogP contribution in [0.1, 0.15) is 0 Å². The number of cyclic esters (lactones) is 1. The number of aliphatic carboxylic acids is 1. The van der Waals surface area contributed by atoms with Crippen LogP contribution in [-0.2, 0) is 23.9 Å². The van der Waals surface area contributed by atoms with Gasteiger partial charge in [-0.2, -0.15) is 0 Å². The molecule has 0 aliphatic carbocycles. The van der Waals surface area contributed by atoms with E-state index < -0.39 is 48.2 Å². The van der Waals surface area contributed by atoms with Crippen LogP contribution in [0.15, 0.2) is 23.7 Å². The Kier molecular flexibility index (Phi) is 4.62. The number of carboxylic acids is 1. The van der Waals surface area contributed by atoms with Crippen molar-refractivity contribution in [1.82, 2.24) is 0 Å². The molecule has 4 N–H and O–H groups in total. The second kappa shape index (κ2) is 5.98. The van der Waals surface area contributed by atoms with Crippen LogP contribution in [0.4, 0.5) is 0 Å². The largest absolute Gasteiger partial charge is 0.499 e. The predicted octanol–water partition coefficient (Wildman–Crippen LogP) is -1.78. The molecule has 0 unspecified atom stereocenters. The fourth-order valence-electron chi connectivity index (χ4n) is 1.20. The summed E-state index contributed by atoms with van der Waals surface area (Å²) in [5.74, 6) is -5.55. The highest BCUT2D eigenvalue weighted by Gasteiger charge is 2.41. The highest BCUT2D eigenvalue weighted by atomic mass is 16.6. The van der Waals surface area contributed by atoms with Crippen molar-refractivity contribution in [2.75, 3.05) is 6.61 Å². The van der Waals surface area contributed by atoms with Gasteiger partial charge in [-0.05, 0) is 0 Å². The molecule has 19 heavy (non-hydrogen) atoms. The second-order valence-corrected chi connectivity index (χ2v) is 3.38. The maximum Gasteiger partial charge on any atom is 0.378 e. The first kappa shape index (κ1) is 14.7. The van der Waals surface area contributed by atoms with Gasteiger partial charge >= 0.3 is 17.9 Å². The van der Waals surface area contributed by atoms with Gasteiger partial charge in [-0.1, -0.05) is 0 Å². The lowest BCUT2D eigenvalue weighted by Crippen LogP contribution is -2.32. The highest BCUT2D eigenvalue weighted by molar-refractivity contribution is 5.93. The topological polar surface area (TPSA) is 151 Å². The van der Waals surface area contributed by atoms with E-state index in [4.69, 9.17) is 10.2 Å². The Hall–Kier alpha value is -2.39. The van der Waals surface area contributed by atoms with Crippen LogP contribution in [-0.4, -0.2) is 57.1 Å². The molecule has 2 atom stereocenters. The average molecular weight is 274 g/mol. The Balaban J connectivity index is 2.86. The normalized spacial score (nSPS) is 20.5. The zero-order chi connectivity index (χ0) is 14.6. The van der Waals surface area contributed by atoms with E-state index >= 15 is 0 Å². The van der Waals surface area contributed by atoms with Gasteiger partial charge in [-0.3, -0.25) is 0 Å². The van der Waals surface area contributed by atoms with Crippen LogP contribution in [0, 0.1) is 0 Å². The number of carbonyl (C=O) groups excluding carboxylic acids is 2. The van der Waals surface area contributed by atoms with E-state index in [1.165, 1.54) is 0 Å². The van der Waals surface area contributed by atoms with Crippen LogP contribution in [0.3, 0.4) is 0 Å². The van der Waals surface area contributed by atoms with Gasteiger partial charge in [0.2, 0.25) is 11.5 Å². The van der Waals surface area contributed by atoms with Gasteiger partial charge in [0, 0.05) is 12.2 Å². The number of rotatable bonds is 5. The summed E-state index contributed by atoms with van der Waals surface area (Å²) in [4.78, 5) is 32.4. The van der Waals surface area contributed by atoms with E-state index in [1.54, 1.807) is 0 Å². The summed E-state index contributed by atoms with van der Waals surface area (Å²) in [6.07, 6.45) is -2.12. The van der Waals surface area contributed by atoms with Crippen molar-refractivity contribution in [1.29, 1.82) is 0 Å². The van der Waals surface area contributed by atoms with Gasteiger partial charge in [0.1, 0.15) is 6.10 Å². The van der Waals surface area contributed by atoms with Gasteiger partial charge in [0.05, 0.1) is 6.61 Å². The minimum Gasteiger partial charge on any atom is -0.499 e. The van der Waals surface area contributed by atoms with Gasteiger partial charge < -0.3 is 29.9 Å². The van der Waals surface area contributed by atoms with Crippen molar-refractivity contribution < 1.29 is 44.3 Å². The first-order valence-corrected chi connectivity index (χ1v) is 4.92. The lowest BCUT2D eigenvalue weighted by Gasteiger charge is -2.16. The summed E-state index contributed by atoms with van der Waals surface area (Å²) < 4.78 is 8.98. The van der Waals surface area contributed by atoms with Crippen LogP contribution in [0.25, 0.3) is 0 Å². The smallest absolute Gasteiger partial charge is 0.378 e. The van der Waals surface area contributed by atoms with E-state index in [-0.39, 0.29) is 0 Å². The Morgan fingerprint density at radius 2 is 2.05 bits per heavy atom. The van der Waals surface area contributed by atoms with Crippen LogP contribution >= 0.6 is 0 Å². The number of esters is 2. The molecule has 104 valence electrons. The Morgan fingerprint density at radius 3 is 2.58 bits per heavy atom. The quantitative estimate of drug-likeness (QED) is 0.337. The van der Waals surface area contributed by atoms with Crippen molar-refractivity contribution >= 4 is 17.9 Å². The summed E-state index contributed by atoms with van der Waals surface area (Å²) in [6, 6.07) is 0. The molecule has 1 aliphatic heterocycles. The van der Waals surface area contributed by atoms with E-state index in [9.17, 15) is 24.6 Å². The SMILES string of the molecule is O=C(O)/C=C\C(=O)OC1=C(O)C(=O)O[C@@H]1[C@@H](O)CO. The molecule has 1 heterocycles. The van der Waals surface area contributed by atoms with Gasteiger partial charge in [-0.25, -0.2) is 14.4 Å². The van der Waals surface area contributed by atoms with Gasteiger partial charge in [0.25, 0.3) is 0 Å². The molecule has 0 saturated carbocycles. The molecule has 1 rings (SSSR count). The molecule has 9 nitrogen and oxygen atoms in total. The molecule has 0 spiro atoms. The van der Waals surface area contributed by atoms with E-state index in [0.29, 0.717) is 12.2 Å². The molecule has 9 heteroatoms. The number of aliphatic hydroxyl groups excluding tert-OH is 3. The summed E-state index contributed by atoms with van der Waals surface area (Å²) in [5.41, 5.74) is 0. The van der Waals surface area contributed by atoms with Gasteiger partial charge in [0.15, 0.2) is 6.10 Å². The molecule has 0 saturated heterocycles. The van der Waals surface area contributed by atoms with Crippen molar-refractivity contribution in [2.45, 2.75) is 12.2 Å². The Labute approximate surface area is 106 Å². The van der Waals surface area contributed by atoms with E-state index in [0.717, 1.165) is 0 Å². The molecule has 0 aromatic carbocycles.